The van der Waals surface area contributed by atoms with Crippen LogP contribution in [0.25, 0.3) is 0 Å². The Morgan fingerprint density at radius 3 is 2.54 bits per heavy atom. The zero-order valence-electron chi connectivity index (χ0n) is 12.9. The fraction of sp³-hybridized carbons (Fsp3) is 0.250. The molecule has 128 valence electrons. The number of nitrogens with one attached hydrogen (secondary N) is 3. The minimum absolute atomic E-state index is 0.186. The first-order valence-corrected chi connectivity index (χ1v) is 7.28. The maximum Gasteiger partial charge on any atom is 0.315 e. The van der Waals surface area contributed by atoms with E-state index in [1.807, 2.05) is 0 Å². The molecule has 3 amide bonds. The molecule has 1 aromatic heterocycles. The molecule has 24 heavy (non-hydrogen) atoms. The van der Waals surface area contributed by atoms with Crippen molar-refractivity contribution >= 4 is 11.9 Å². The minimum atomic E-state index is -0.970. The second kappa shape index (κ2) is 8.09. The second-order valence-electron chi connectivity index (χ2n) is 5.03. The number of rotatable bonds is 6. The van der Waals surface area contributed by atoms with Gasteiger partial charge in [-0.05, 0) is 36.8 Å². The van der Waals surface area contributed by atoms with Gasteiger partial charge in [-0.15, -0.1) is 0 Å². The molecule has 0 bridgehead atoms. The predicted molar refractivity (Wildman–Crippen MR) is 82.3 cm³/mol. The number of carbonyl (C=O) groups excluding carboxylic acids is 2. The normalized spacial score (nSPS) is 11.6. The maximum absolute atomic E-state index is 13.2. The van der Waals surface area contributed by atoms with Crippen molar-refractivity contribution in [3.63, 3.8) is 0 Å². The SMILES string of the molecule is CC(NC(=O)NCCNC(=O)c1ccco1)c1ccc(F)c(F)c1. The van der Waals surface area contributed by atoms with E-state index in [2.05, 4.69) is 16.0 Å². The van der Waals surface area contributed by atoms with Crippen molar-refractivity contribution in [2.45, 2.75) is 13.0 Å². The van der Waals surface area contributed by atoms with E-state index < -0.39 is 23.7 Å². The number of benzene rings is 1. The van der Waals surface area contributed by atoms with Crippen molar-refractivity contribution in [2.24, 2.45) is 0 Å². The molecule has 0 saturated heterocycles. The summed E-state index contributed by atoms with van der Waals surface area (Å²) in [7, 11) is 0. The van der Waals surface area contributed by atoms with Crippen LogP contribution >= 0.6 is 0 Å². The molecule has 0 aliphatic heterocycles. The molecule has 1 unspecified atom stereocenters. The molecular weight excluding hydrogens is 320 g/mol. The van der Waals surface area contributed by atoms with E-state index in [-0.39, 0.29) is 24.8 Å². The Labute approximate surface area is 137 Å². The van der Waals surface area contributed by atoms with Crippen molar-refractivity contribution in [1.82, 2.24) is 16.0 Å². The average Bonchev–Trinajstić information content (AvgIpc) is 3.08. The molecule has 6 nitrogen and oxygen atoms in total. The lowest BCUT2D eigenvalue weighted by molar-refractivity contribution is 0.0926. The largest absolute Gasteiger partial charge is 0.459 e. The van der Waals surface area contributed by atoms with Gasteiger partial charge in [0.2, 0.25) is 0 Å². The molecule has 0 aliphatic rings. The number of furan rings is 1. The molecular formula is C16H17F2N3O3. The molecule has 1 heterocycles. The monoisotopic (exact) mass is 337 g/mol. The van der Waals surface area contributed by atoms with E-state index in [1.165, 1.54) is 18.4 Å². The van der Waals surface area contributed by atoms with Crippen LogP contribution in [0.15, 0.2) is 41.0 Å². The van der Waals surface area contributed by atoms with Gasteiger partial charge < -0.3 is 20.4 Å². The van der Waals surface area contributed by atoms with E-state index in [0.717, 1.165) is 12.1 Å². The smallest absolute Gasteiger partial charge is 0.315 e. The maximum atomic E-state index is 13.2. The number of urea groups is 1. The Morgan fingerprint density at radius 1 is 1.12 bits per heavy atom. The van der Waals surface area contributed by atoms with Crippen molar-refractivity contribution in [2.75, 3.05) is 13.1 Å². The fourth-order valence-corrected chi connectivity index (χ4v) is 1.96. The summed E-state index contributed by atoms with van der Waals surface area (Å²) in [6.07, 6.45) is 1.39. The third-order valence-electron chi connectivity index (χ3n) is 3.23. The van der Waals surface area contributed by atoms with Crippen LogP contribution < -0.4 is 16.0 Å². The Bertz CT molecular complexity index is 705. The van der Waals surface area contributed by atoms with Gasteiger partial charge in [0, 0.05) is 13.1 Å². The quantitative estimate of drug-likeness (QED) is 0.708. The number of hydrogen-bond acceptors (Lipinski definition) is 3. The van der Waals surface area contributed by atoms with Gasteiger partial charge in [-0.2, -0.15) is 0 Å². The Kier molecular flexibility index (Phi) is 5.89. The third kappa shape index (κ3) is 4.80. The molecule has 1 atom stereocenters. The molecule has 0 radical (unpaired) electrons. The van der Waals surface area contributed by atoms with Crippen LogP contribution in [0.1, 0.15) is 29.1 Å². The number of hydrogen-bond donors (Lipinski definition) is 3. The van der Waals surface area contributed by atoms with Gasteiger partial charge in [-0.3, -0.25) is 4.79 Å². The molecule has 2 aromatic rings. The van der Waals surface area contributed by atoms with Gasteiger partial charge in [0.1, 0.15) is 0 Å². The Hall–Kier alpha value is -2.90. The zero-order chi connectivity index (χ0) is 17.5. The first kappa shape index (κ1) is 17.5. The lowest BCUT2D eigenvalue weighted by Gasteiger charge is -2.15. The zero-order valence-corrected chi connectivity index (χ0v) is 12.9. The van der Waals surface area contributed by atoms with Crippen LogP contribution in [0.2, 0.25) is 0 Å². The molecule has 0 spiro atoms. The van der Waals surface area contributed by atoms with Gasteiger partial charge in [-0.1, -0.05) is 6.07 Å². The first-order valence-electron chi connectivity index (χ1n) is 7.28. The van der Waals surface area contributed by atoms with Crippen molar-refractivity contribution in [1.29, 1.82) is 0 Å². The van der Waals surface area contributed by atoms with E-state index in [4.69, 9.17) is 4.42 Å². The minimum Gasteiger partial charge on any atom is -0.459 e. The van der Waals surface area contributed by atoms with E-state index in [0.29, 0.717) is 5.56 Å². The average molecular weight is 337 g/mol. The summed E-state index contributed by atoms with van der Waals surface area (Å²) >= 11 is 0. The van der Waals surface area contributed by atoms with Crippen LogP contribution in [-0.4, -0.2) is 25.0 Å². The van der Waals surface area contributed by atoms with Crippen LogP contribution in [0.3, 0.4) is 0 Å². The Morgan fingerprint density at radius 2 is 1.88 bits per heavy atom. The van der Waals surface area contributed by atoms with Gasteiger partial charge in [0.25, 0.3) is 5.91 Å². The van der Waals surface area contributed by atoms with Crippen molar-refractivity contribution < 1.29 is 22.8 Å². The van der Waals surface area contributed by atoms with E-state index in [9.17, 15) is 18.4 Å². The van der Waals surface area contributed by atoms with Crippen LogP contribution in [0.4, 0.5) is 13.6 Å². The first-order chi connectivity index (χ1) is 11.5. The molecule has 8 heteroatoms. The molecule has 0 fully saturated rings. The topological polar surface area (TPSA) is 83.4 Å². The van der Waals surface area contributed by atoms with E-state index >= 15 is 0 Å². The van der Waals surface area contributed by atoms with Crippen molar-refractivity contribution in [3.8, 4) is 0 Å². The summed E-state index contributed by atoms with van der Waals surface area (Å²) in [4.78, 5) is 23.3. The highest BCUT2D eigenvalue weighted by atomic mass is 19.2. The number of carbonyl (C=O) groups is 2. The summed E-state index contributed by atoms with van der Waals surface area (Å²) in [5.41, 5.74) is 0.440. The summed E-state index contributed by atoms with van der Waals surface area (Å²) in [5, 5.41) is 7.71. The molecule has 2 rings (SSSR count). The Balaban J connectivity index is 1.71. The van der Waals surface area contributed by atoms with Crippen LogP contribution in [0.5, 0.6) is 0 Å². The molecule has 1 aromatic carbocycles. The third-order valence-corrected chi connectivity index (χ3v) is 3.23. The highest BCUT2D eigenvalue weighted by Gasteiger charge is 2.12. The van der Waals surface area contributed by atoms with E-state index in [1.54, 1.807) is 13.0 Å². The van der Waals surface area contributed by atoms with Crippen molar-refractivity contribution in [3.05, 3.63) is 59.6 Å². The fourth-order valence-electron chi connectivity index (χ4n) is 1.96. The predicted octanol–water partition coefficient (Wildman–Crippen LogP) is 2.35. The molecule has 0 saturated carbocycles. The molecule has 0 aliphatic carbocycles. The summed E-state index contributed by atoms with van der Waals surface area (Å²) in [6, 6.07) is 5.57. The van der Waals surface area contributed by atoms with Gasteiger partial charge in [-0.25, -0.2) is 13.6 Å². The highest BCUT2D eigenvalue weighted by molar-refractivity contribution is 5.91. The number of halogens is 2. The summed E-state index contributed by atoms with van der Waals surface area (Å²) in [5.74, 6) is -2.10. The van der Waals surface area contributed by atoms with Crippen LogP contribution in [0, 0.1) is 11.6 Å². The van der Waals surface area contributed by atoms with Gasteiger partial charge in [0.15, 0.2) is 17.4 Å². The molecule has 3 N–H and O–H groups in total. The van der Waals surface area contributed by atoms with Gasteiger partial charge >= 0.3 is 6.03 Å². The standard InChI is InChI=1S/C16H17F2N3O3/c1-10(11-4-5-12(17)13(18)9-11)21-16(23)20-7-6-19-15(22)14-3-2-8-24-14/h2-5,8-10H,6-7H2,1H3,(H,19,22)(H2,20,21,23). The van der Waals surface area contributed by atoms with Gasteiger partial charge in [0.05, 0.1) is 12.3 Å². The lowest BCUT2D eigenvalue weighted by atomic mass is 10.1. The highest BCUT2D eigenvalue weighted by Crippen LogP contribution is 2.15. The van der Waals surface area contributed by atoms with Crippen LogP contribution in [-0.2, 0) is 0 Å². The lowest BCUT2D eigenvalue weighted by Crippen LogP contribution is -2.41. The number of amides is 3. The summed E-state index contributed by atoms with van der Waals surface area (Å²) < 4.78 is 31.0. The summed E-state index contributed by atoms with van der Waals surface area (Å²) in [6.45, 7) is 2.06. The second-order valence-corrected chi connectivity index (χ2v) is 5.03.